The molecule has 0 aliphatic heterocycles. The summed E-state index contributed by atoms with van der Waals surface area (Å²) in [5.41, 5.74) is 1.73. The van der Waals surface area contributed by atoms with Crippen molar-refractivity contribution in [3.8, 4) is 11.3 Å². The van der Waals surface area contributed by atoms with Crippen molar-refractivity contribution in [3.05, 3.63) is 71.0 Å². The summed E-state index contributed by atoms with van der Waals surface area (Å²) in [5, 5.41) is 8.02. The highest BCUT2D eigenvalue weighted by Gasteiger charge is 2.25. The first kappa shape index (κ1) is 23.9. The van der Waals surface area contributed by atoms with Crippen LogP contribution < -0.4 is 16.0 Å². The molecular weight excluding hydrogens is 446 g/mol. The minimum atomic E-state index is -0.673. The van der Waals surface area contributed by atoms with Gasteiger partial charge in [-0.25, -0.2) is 9.97 Å². The maximum absolute atomic E-state index is 12.6. The van der Waals surface area contributed by atoms with Crippen molar-refractivity contribution in [2.45, 2.75) is 26.4 Å². The molecule has 3 rings (SSSR count). The monoisotopic (exact) mass is 469 g/mol. The lowest BCUT2D eigenvalue weighted by molar-refractivity contribution is -0.123. The maximum atomic E-state index is 12.6. The van der Waals surface area contributed by atoms with Crippen LogP contribution in [0.5, 0.6) is 0 Å². The zero-order chi connectivity index (χ0) is 24.0. The molecule has 3 N–H and O–H groups in total. The lowest BCUT2D eigenvalue weighted by Gasteiger charge is -2.19. The fraction of sp³-hybridized carbons (Fsp3) is 0.261. The molecule has 1 aromatic carbocycles. The van der Waals surface area contributed by atoms with Crippen molar-refractivity contribution >= 4 is 29.3 Å². The van der Waals surface area contributed by atoms with Gasteiger partial charge in [-0.2, -0.15) is 0 Å². The predicted molar refractivity (Wildman–Crippen MR) is 123 cm³/mol. The number of hydrogen-bond acceptors (Lipinski definition) is 6. The molecule has 0 saturated heterocycles. The number of carbonyl (C=O) groups excluding carboxylic acids is 3. The summed E-state index contributed by atoms with van der Waals surface area (Å²) < 4.78 is 5.73. The Balaban J connectivity index is 1.67. The summed E-state index contributed by atoms with van der Waals surface area (Å²) >= 11 is 5.72. The van der Waals surface area contributed by atoms with Crippen LogP contribution >= 0.6 is 11.6 Å². The zero-order valence-corrected chi connectivity index (χ0v) is 19.1. The first-order valence-corrected chi connectivity index (χ1v) is 10.6. The van der Waals surface area contributed by atoms with Gasteiger partial charge in [-0.1, -0.05) is 32.0 Å². The molecule has 9 nitrogen and oxygen atoms in total. The van der Waals surface area contributed by atoms with Crippen LogP contribution in [0.1, 0.15) is 40.5 Å². The fourth-order valence-electron chi connectivity index (χ4n) is 3.09. The smallest absolute Gasteiger partial charge is 0.287 e. The van der Waals surface area contributed by atoms with Gasteiger partial charge in [0.25, 0.3) is 11.8 Å². The van der Waals surface area contributed by atoms with E-state index in [-0.39, 0.29) is 41.0 Å². The van der Waals surface area contributed by atoms with E-state index in [0.717, 1.165) is 11.1 Å². The van der Waals surface area contributed by atoms with Gasteiger partial charge in [0.05, 0.1) is 0 Å². The molecule has 0 saturated carbocycles. The molecule has 172 valence electrons. The number of rotatable bonds is 8. The summed E-state index contributed by atoms with van der Waals surface area (Å²) in [5.74, 6) is -0.637. The van der Waals surface area contributed by atoms with Crippen LogP contribution in [-0.4, -0.2) is 40.8 Å². The Kier molecular flexibility index (Phi) is 7.78. The van der Waals surface area contributed by atoms with Crippen molar-refractivity contribution in [1.82, 2.24) is 25.9 Å². The second-order valence-electron chi connectivity index (χ2n) is 7.57. The molecule has 0 radical (unpaired) electrons. The van der Waals surface area contributed by atoms with Gasteiger partial charge in [-0.05, 0) is 47.3 Å². The molecule has 3 aromatic rings. The molecular formula is C23H24ClN5O4. The van der Waals surface area contributed by atoms with Gasteiger partial charge in [0.2, 0.25) is 11.2 Å². The Morgan fingerprint density at radius 3 is 2.58 bits per heavy atom. The van der Waals surface area contributed by atoms with Crippen LogP contribution in [0, 0.1) is 5.92 Å². The van der Waals surface area contributed by atoms with Crippen molar-refractivity contribution in [3.63, 3.8) is 0 Å². The first-order valence-electron chi connectivity index (χ1n) is 10.3. The molecule has 10 heteroatoms. The molecule has 0 aliphatic carbocycles. The third kappa shape index (κ3) is 6.17. The third-order valence-electron chi connectivity index (χ3n) is 4.84. The molecule has 0 fully saturated rings. The molecule has 2 aromatic heterocycles. The van der Waals surface area contributed by atoms with Gasteiger partial charge in [0.15, 0.2) is 5.76 Å². The third-order valence-corrected chi connectivity index (χ3v) is 5.02. The van der Waals surface area contributed by atoms with Crippen LogP contribution in [0.2, 0.25) is 5.28 Å². The van der Waals surface area contributed by atoms with E-state index in [1.807, 2.05) is 38.1 Å². The minimum absolute atomic E-state index is 0.00246. The fourth-order valence-corrected chi connectivity index (χ4v) is 3.23. The van der Waals surface area contributed by atoms with Crippen molar-refractivity contribution in [1.29, 1.82) is 0 Å². The average Bonchev–Trinajstić information content (AvgIpc) is 3.31. The molecule has 0 aliphatic rings. The van der Waals surface area contributed by atoms with E-state index in [4.69, 9.17) is 16.0 Å². The highest BCUT2D eigenvalue weighted by atomic mass is 35.5. The van der Waals surface area contributed by atoms with Gasteiger partial charge in [-0.3, -0.25) is 14.4 Å². The molecule has 1 atom stereocenters. The van der Waals surface area contributed by atoms with Crippen LogP contribution in [0.3, 0.4) is 0 Å². The second kappa shape index (κ2) is 10.7. The summed E-state index contributed by atoms with van der Waals surface area (Å²) in [6, 6.07) is 11.4. The molecule has 0 bridgehead atoms. The number of furan rings is 1. The van der Waals surface area contributed by atoms with Gasteiger partial charge < -0.3 is 20.4 Å². The molecule has 0 unspecified atom stereocenters. The number of halogens is 1. The number of benzene rings is 1. The average molecular weight is 470 g/mol. The Morgan fingerprint density at radius 2 is 1.88 bits per heavy atom. The van der Waals surface area contributed by atoms with Crippen LogP contribution in [0.4, 0.5) is 0 Å². The number of aromatic nitrogens is 2. The quantitative estimate of drug-likeness (QED) is 0.435. The lowest BCUT2D eigenvalue weighted by Crippen LogP contribution is -2.48. The lowest BCUT2D eigenvalue weighted by atomic mass is 10.0. The normalized spacial score (nSPS) is 11.7. The minimum Gasteiger partial charge on any atom is -0.451 e. The Labute approximate surface area is 196 Å². The van der Waals surface area contributed by atoms with E-state index in [9.17, 15) is 14.4 Å². The van der Waals surface area contributed by atoms with E-state index in [0.29, 0.717) is 5.76 Å². The highest BCUT2D eigenvalue weighted by Crippen LogP contribution is 2.23. The van der Waals surface area contributed by atoms with E-state index in [2.05, 4.69) is 25.9 Å². The predicted octanol–water partition coefficient (Wildman–Crippen LogP) is 2.82. The van der Waals surface area contributed by atoms with Crippen LogP contribution in [-0.2, 0) is 11.3 Å². The first-order chi connectivity index (χ1) is 15.8. The molecule has 3 amide bonds. The molecule has 33 heavy (non-hydrogen) atoms. The number of carbonyl (C=O) groups is 3. The maximum Gasteiger partial charge on any atom is 0.287 e. The number of amides is 3. The van der Waals surface area contributed by atoms with Crippen LogP contribution in [0.15, 0.2) is 53.1 Å². The van der Waals surface area contributed by atoms with Gasteiger partial charge in [-0.15, -0.1) is 0 Å². The van der Waals surface area contributed by atoms with E-state index in [1.165, 1.54) is 19.3 Å². The summed E-state index contributed by atoms with van der Waals surface area (Å²) in [6.07, 6.45) is 1.41. The van der Waals surface area contributed by atoms with Gasteiger partial charge >= 0.3 is 0 Å². The number of likely N-dealkylation sites (N-methyl/N-ethyl adjacent to an activating group) is 1. The highest BCUT2D eigenvalue weighted by molar-refractivity contribution is 6.28. The number of nitrogens with zero attached hydrogens (tertiary/aromatic N) is 2. The molecule has 2 heterocycles. The van der Waals surface area contributed by atoms with Gasteiger partial charge in [0, 0.05) is 25.4 Å². The SMILES string of the molecule is CNC(=O)[C@@H](NC(=O)c1ccc(-c2cccc(CNC(=O)c3ccnc(Cl)n3)c2)o1)C(C)C. The molecule has 0 spiro atoms. The van der Waals surface area contributed by atoms with E-state index in [1.54, 1.807) is 12.1 Å². The zero-order valence-electron chi connectivity index (χ0n) is 18.4. The van der Waals surface area contributed by atoms with Crippen LogP contribution in [0.25, 0.3) is 11.3 Å². The largest absolute Gasteiger partial charge is 0.451 e. The standard InChI is InChI=1S/C23H24ClN5O4/c1-13(2)19(22(32)25-3)29-21(31)18-8-7-17(33-18)15-6-4-5-14(11-15)12-27-20(30)16-9-10-26-23(24)28-16/h4-11,13,19H,12H2,1-3H3,(H,25,32)(H,27,30)(H,29,31)/t19-/m0/s1. The van der Waals surface area contributed by atoms with Crippen molar-refractivity contribution in [2.24, 2.45) is 5.92 Å². The van der Waals surface area contributed by atoms with Crippen molar-refractivity contribution < 1.29 is 18.8 Å². The van der Waals surface area contributed by atoms with Crippen molar-refractivity contribution in [2.75, 3.05) is 7.05 Å². The summed E-state index contributed by atoms with van der Waals surface area (Å²) in [4.78, 5) is 44.5. The van der Waals surface area contributed by atoms with Gasteiger partial charge in [0.1, 0.15) is 17.5 Å². The van der Waals surface area contributed by atoms with E-state index >= 15 is 0 Å². The summed E-state index contributed by atoms with van der Waals surface area (Å²) in [6.45, 7) is 3.94. The Hall–Kier alpha value is -3.72. The van der Waals surface area contributed by atoms with E-state index < -0.39 is 11.9 Å². The Morgan fingerprint density at radius 1 is 1.09 bits per heavy atom. The second-order valence-corrected chi connectivity index (χ2v) is 7.91. The summed E-state index contributed by atoms with van der Waals surface area (Å²) in [7, 11) is 1.52. The topological polar surface area (TPSA) is 126 Å². The number of nitrogens with one attached hydrogen (secondary N) is 3. The number of hydrogen-bond donors (Lipinski definition) is 3. The Bertz CT molecular complexity index is 1160.